The quantitative estimate of drug-likeness (QED) is 0.470. The van der Waals surface area contributed by atoms with Crippen LogP contribution in [-0.4, -0.2) is 27.9 Å². The lowest BCUT2D eigenvalue weighted by molar-refractivity contribution is -0.142. The average molecular weight is 352 g/mol. The highest BCUT2D eigenvalue weighted by molar-refractivity contribution is 7.99. The van der Waals surface area contributed by atoms with Crippen LogP contribution in [0.5, 0.6) is 0 Å². The number of thioether (sulfide) groups is 1. The SMILES string of the molecule is CCOC(=O)CCSc1nc2sc3c(c2c(=O)n1C)CCCC3. The van der Waals surface area contributed by atoms with Gasteiger partial charge in [-0.15, -0.1) is 11.3 Å². The van der Waals surface area contributed by atoms with E-state index < -0.39 is 0 Å². The van der Waals surface area contributed by atoms with Crippen molar-refractivity contribution < 1.29 is 9.53 Å². The number of carbonyl (C=O) groups is 1. The van der Waals surface area contributed by atoms with Gasteiger partial charge in [-0.3, -0.25) is 14.2 Å². The zero-order valence-corrected chi connectivity index (χ0v) is 15.0. The first-order valence-electron chi connectivity index (χ1n) is 7.91. The maximum atomic E-state index is 12.7. The molecule has 7 heteroatoms. The van der Waals surface area contributed by atoms with Crippen LogP contribution < -0.4 is 5.56 Å². The van der Waals surface area contributed by atoms with E-state index in [0.717, 1.165) is 29.5 Å². The Labute approximate surface area is 143 Å². The summed E-state index contributed by atoms with van der Waals surface area (Å²) in [5.41, 5.74) is 1.25. The standard InChI is InChI=1S/C16H20N2O3S2/c1-3-21-12(19)8-9-22-16-17-14-13(15(20)18(16)2)10-6-4-5-7-11(10)23-14/h3-9H2,1-2H3. The molecule has 124 valence electrons. The molecule has 2 heterocycles. The number of hydrogen-bond donors (Lipinski definition) is 0. The van der Waals surface area contributed by atoms with E-state index in [-0.39, 0.29) is 11.5 Å². The maximum absolute atomic E-state index is 12.7. The summed E-state index contributed by atoms with van der Waals surface area (Å²) in [7, 11) is 1.76. The van der Waals surface area contributed by atoms with Crippen LogP contribution in [-0.2, 0) is 29.4 Å². The molecule has 1 aliphatic carbocycles. The topological polar surface area (TPSA) is 61.2 Å². The minimum absolute atomic E-state index is 0.0352. The predicted molar refractivity (Wildman–Crippen MR) is 93.5 cm³/mol. The Morgan fingerprint density at radius 3 is 2.96 bits per heavy atom. The summed E-state index contributed by atoms with van der Waals surface area (Å²) >= 11 is 3.09. The first kappa shape index (κ1) is 16.5. The normalized spacial score (nSPS) is 14.0. The van der Waals surface area contributed by atoms with E-state index >= 15 is 0 Å². The molecule has 0 radical (unpaired) electrons. The first-order valence-corrected chi connectivity index (χ1v) is 9.71. The Morgan fingerprint density at radius 1 is 1.39 bits per heavy atom. The molecule has 5 nitrogen and oxygen atoms in total. The van der Waals surface area contributed by atoms with Gasteiger partial charge in [0.15, 0.2) is 5.16 Å². The summed E-state index contributed by atoms with van der Waals surface area (Å²) in [6.45, 7) is 2.19. The predicted octanol–water partition coefficient (Wildman–Crippen LogP) is 2.92. The van der Waals surface area contributed by atoms with E-state index in [4.69, 9.17) is 4.74 Å². The van der Waals surface area contributed by atoms with Crippen LogP contribution in [0.25, 0.3) is 10.2 Å². The molecule has 0 saturated heterocycles. The van der Waals surface area contributed by atoms with Gasteiger partial charge in [0.2, 0.25) is 0 Å². The Morgan fingerprint density at radius 2 is 2.17 bits per heavy atom. The molecule has 2 aromatic rings. The molecule has 1 aliphatic rings. The number of esters is 1. The van der Waals surface area contributed by atoms with Crippen LogP contribution in [0, 0.1) is 0 Å². The highest BCUT2D eigenvalue weighted by Crippen LogP contribution is 2.34. The summed E-state index contributed by atoms with van der Waals surface area (Å²) in [4.78, 5) is 31.0. The molecule has 3 rings (SSSR count). The molecular weight excluding hydrogens is 332 g/mol. The highest BCUT2D eigenvalue weighted by atomic mass is 32.2. The number of fused-ring (bicyclic) bond motifs is 3. The summed E-state index contributed by atoms with van der Waals surface area (Å²) in [6, 6.07) is 0. The van der Waals surface area contributed by atoms with E-state index in [2.05, 4.69) is 4.98 Å². The molecule has 0 spiro atoms. The lowest BCUT2D eigenvalue weighted by Crippen LogP contribution is -2.20. The number of nitrogens with zero attached hydrogens (tertiary/aromatic N) is 2. The van der Waals surface area contributed by atoms with Gasteiger partial charge in [-0.25, -0.2) is 4.98 Å². The van der Waals surface area contributed by atoms with Crippen molar-refractivity contribution in [2.45, 2.75) is 44.2 Å². The van der Waals surface area contributed by atoms with E-state index in [0.29, 0.717) is 23.9 Å². The second kappa shape index (κ2) is 7.05. The minimum Gasteiger partial charge on any atom is -0.466 e. The van der Waals surface area contributed by atoms with Crippen LogP contribution >= 0.6 is 23.1 Å². The van der Waals surface area contributed by atoms with Gasteiger partial charge in [0, 0.05) is 17.7 Å². The molecule has 23 heavy (non-hydrogen) atoms. The number of hydrogen-bond acceptors (Lipinski definition) is 6. The van der Waals surface area contributed by atoms with Gasteiger partial charge >= 0.3 is 5.97 Å². The van der Waals surface area contributed by atoms with Crippen molar-refractivity contribution in [1.29, 1.82) is 0 Å². The Balaban J connectivity index is 1.86. The summed E-state index contributed by atoms with van der Waals surface area (Å²) in [5.74, 6) is 0.355. The van der Waals surface area contributed by atoms with Crippen LogP contribution in [0.1, 0.15) is 36.6 Å². The lowest BCUT2D eigenvalue weighted by atomic mass is 9.97. The average Bonchev–Trinajstić information content (AvgIpc) is 2.90. The smallest absolute Gasteiger partial charge is 0.306 e. The maximum Gasteiger partial charge on any atom is 0.306 e. The third-order valence-electron chi connectivity index (χ3n) is 4.00. The second-order valence-corrected chi connectivity index (χ2v) is 7.70. The molecule has 0 aliphatic heterocycles. The first-order chi connectivity index (χ1) is 11.1. The van der Waals surface area contributed by atoms with Crippen molar-refractivity contribution in [2.75, 3.05) is 12.4 Å². The molecule has 0 unspecified atom stereocenters. The van der Waals surface area contributed by atoms with Crippen molar-refractivity contribution in [3.05, 3.63) is 20.8 Å². The van der Waals surface area contributed by atoms with Gasteiger partial charge in [0.25, 0.3) is 5.56 Å². The van der Waals surface area contributed by atoms with Gasteiger partial charge in [-0.05, 0) is 38.2 Å². The second-order valence-electron chi connectivity index (χ2n) is 5.55. The number of thiophene rings is 1. The van der Waals surface area contributed by atoms with E-state index in [9.17, 15) is 9.59 Å². The fourth-order valence-electron chi connectivity index (χ4n) is 2.86. The van der Waals surface area contributed by atoms with Gasteiger partial charge in [-0.1, -0.05) is 11.8 Å². The third-order valence-corrected chi connectivity index (χ3v) is 6.22. The van der Waals surface area contributed by atoms with Crippen molar-refractivity contribution >= 4 is 39.3 Å². The Bertz CT molecular complexity index is 795. The molecule has 0 saturated carbocycles. The molecule has 0 atom stereocenters. The zero-order valence-electron chi connectivity index (χ0n) is 13.4. The fourth-order valence-corrected chi connectivity index (χ4v) is 5.05. The fraction of sp³-hybridized carbons (Fsp3) is 0.562. The largest absolute Gasteiger partial charge is 0.466 e. The van der Waals surface area contributed by atoms with Gasteiger partial charge < -0.3 is 4.74 Å². The third kappa shape index (κ3) is 3.30. The van der Waals surface area contributed by atoms with Crippen molar-refractivity contribution in [3.63, 3.8) is 0 Å². The molecule has 2 aromatic heterocycles. The number of aromatic nitrogens is 2. The molecule has 0 amide bonds. The molecular formula is C16H20N2O3S2. The molecule has 0 aromatic carbocycles. The number of carbonyl (C=O) groups excluding carboxylic acids is 1. The van der Waals surface area contributed by atoms with Crippen molar-refractivity contribution in [1.82, 2.24) is 9.55 Å². The monoisotopic (exact) mass is 352 g/mol. The van der Waals surface area contributed by atoms with Crippen molar-refractivity contribution in [3.8, 4) is 0 Å². The van der Waals surface area contributed by atoms with E-state index in [1.807, 2.05) is 0 Å². The summed E-state index contributed by atoms with van der Waals surface area (Å²) < 4.78 is 6.53. The molecule has 0 fully saturated rings. The minimum atomic E-state index is -0.210. The van der Waals surface area contributed by atoms with E-state index in [1.54, 1.807) is 29.9 Å². The van der Waals surface area contributed by atoms with Gasteiger partial charge in [0.1, 0.15) is 4.83 Å². The molecule has 0 bridgehead atoms. The number of ether oxygens (including phenoxy) is 1. The van der Waals surface area contributed by atoms with Gasteiger partial charge in [-0.2, -0.15) is 0 Å². The Kier molecular flexibility index (Phi) is 5.06. The number of rotatable bonds is 5. The van der Waals surface area contributed by atoms with Crippen LogP contribution in [0.2, 0.25) is 0 Å². The van der Waals surface area contributed by atoms with Gasteiger partial charge in [0.05, 0.1) is 18.4 Å². The van der Waals surface area contributed by atoms with Crippen LogP contribution in [0.4, 0.5) is 0 Å². The highest BCUT2D eigenvalue weighted by Gasteiger charge is 2.21. The number of aryl methyl sites for hydroxylation is 2. The molecule has 0 N–H and O–H groups in total. The zero-order chi connectivity index (χ0) is 16.4. The van der Waals surface area contributed by atoms with Crippen molar-refractivity contribution in [2.24, 2.45) is 7.05 Å². The Hall–Kier alpha value is -1.34. The van der Waals surface area contributed by atoms with Crippen LogP contribution in [0.15, 0.2) is 9.95 Å². The lowest BCUT2D eigenvalue weighted by Gasteiger charge is -2.10. The summed E-state index contributed by atoms with van der Waals surface area (Å²) in [5, 5.41) is 1.48. The van der Waals surface area contributed by atoms with E-state index in [1.165, 1.54) is 28.6 Å². The van der Waals surface area contributed by atoms with Crippen LogP contribution in [0.3, 0.4) is 0 Å². The summed E-state index contributed by atoms with van der Waals surface area (Å²) in [6.07, 6.45) is 4.72.